The quantitative estimate of drug-likeness (QED) is 0.804. The van der Waals surface area contributed by atoms with E-state index < -0.39 is 11.1 Å². The first kappa shape index (κ1) is 13.6. The van der Waals surface area contributed by atoms with Gasteiger partial charge in [0.15, 0.2) is 5.16 Å². The predicted octanol–water partition coefficient (Wildman–Crippen LogP) is 0.375. The van der Waals surface area contributed by atoms with Gasteiger partial charge in [-0.25, -0.2) is 4.98 Å². The van der Waals surface area contributed by atoms with Gasteiger partial charge in [-0.3, -0.25) is 19.4 Å². The minimum atomic E-state index is -0.852. The molecule has 8 heteroatoms. The van der Waals surface area contributed by atoms with Crippen LogP contribution in [0.5, 0.6) is 0 Å². The Morgan fingerprint density at radius 3 is 2.95 bits per heavy atom. The van der Waals surface area contributed by atoms with E-state index >= 15 is 0 Å². The maximum Gasteiger partial charge on any atom is 0.339 e. The fraction of sp³-hybridized carbons (Fsp3) is 0.308. The topological polar surface area (TPSA) is 104 Å². The number of aromatic nitrogens is 4. The van der Waals surface area contributed by atoms with Crippen LogP contribution < -0.4 is 11.1 Å². The molecular formula is C13H11N5O2S. The number of hydrogen-bond donors (Lipinski definition) is 1. The summed E-state index contributed by atoms with van der Waals surface area (Å²) in [6.07, 6.45) is 2.88. The van der Waals surface area contributed by atoms with Crippen LogP contribution in [0.1, 0.15) is 23.2 Å². The van der Waals surface area contributed by atoms with Gasteiger partial charge in [-0.2, -0.15) is 10.2 Å². The Morgan fingerprint density at radius 1 is 1.38 bits per heavy atom. The van der Waals surface area contributed by atoms with Crippen LogP contribution in [-0.4, -0.2) is 19.7 Å². The number of nitriles is 1. The zero-order chi connectivity index (χ0) is 15.0. The highest BCUT2D eigenvalue weighted by atomic mass is 32.2. The maximum atomic E-state index is 11.4. The van der Waals surface area contributed by atoms with E-state index in [1.807, 2.05) is 6.07 Å². The van der Waals surface area contributed by atoms with E-state index in [2.05, 4.69) is 21.1 Å². The van der Waals surface area contributed by atoms with Crippen molar-refractivity contribution in [1.82, 2.24) is 19.7 Å². The van der Waals surface area contributed by atoms with Gasteiger partial charge in [0.05, 0.1) is 5.56 Å². The molecule has 0 radical (unpaired) electrons. The highest BCUT2D eigenvalue weighted by Crippen LogP contribution is 2.30. The van der Waals surface area contributed by atoms with Gasteiger partial charge in [0, 0.05) is 12.7 Å². The zero-order valence-corrected chi connectivity index (χ0v) is 12.0. The predicted molar refractivity (Wildman–Crippen MR) is 75.2 cm³/mol. The Labute approximate surface area is 123 Å². The van der Waals surface area contributed by atoms with E-state index in [9.17, 15) is 14.9 Å². The van der Waals surface area contributed by atoms with Crippen molar-refractivity contribution >= 4 is 11.8 Å². The average molecular weight is 301 g/mol. The van der Waals surface area contributed by atoms with Crippen molar-refractivity contribution < 1.29 is 0 Å². The molecule has 1 aliphatic carbocycles. The molecule has 21 heavy (non-hydrogen) atoms. The molecule has 106 valence electrons. The summed E-state index contributed by atoms with van der Waals surface area (Å²) in [4.78, 5) is 30.8. The normalized spacial score (nSPS) is 13.0. The van der Waals surface area contributed by atoms with E-state index in [1.54, 1.807) is 7.05 Å². The van der Waals surface area contributed by atoms with Gasteiger partial charge in [-0.1, -0.05) is 0 Å². The molecule has 0 aromatic carbocycles. The number of pyridine rings is 1. The van der Waals surface area contributed by atoms with Gasteiger partial charge >= 0.3 is 11.1 Å². The molecule has 0 saturated carbocycles. The summed E-state index contributed by atoms with van der Waals surface area (Å²) in [5.74, 6) is 0. The Kier molecular flexibility index (Phi) is 3.35. The first-order chi connectivity index (χ1) is 10.1. The molecule has 0 atom stereocenters. The Bertz CT molecular complexity index is 878. The highest BCUT2D eigenvalue weighted by molar-refractivity contribution is 7.99. The summed E-state index contributed by atoms with van der Waals surface area (Å²) >= 11 is 1.10. The van der Waals surface area contributed by atoms with Crippen LogP contribution in [0.25, 0.3) is 0 Å². The molecule has 0 aliphatic heterocycles. The third-order valence-electron chi connectivity index (χ3n) is 3.27. The zero-order valence-electron chi connectivity index (χ0n) is 11.2. The molecular weight excluding hydrogens is 290 g/mol. The number of nitrogens with one attached hydrogen (secondary N) is 1. The van der Waals surface area contributed by atoms with Gasteiger partial charge in [-0.15, -0.1) is 0 Å². The minimum absolute atomic E-state index is 0.293. The third-order valence-corrected chi connectivity index (χ3v) is 4.32. The van der Waals surface area contributed by atoms with Crippen LogP contribution in [0.2, 0.25) is 0 Å². The monoisotopic (exact) mass is 301 g/mol. The highest BCUT2D eigenvalue weighted by Gasteiger charge is 2.18. The lowest BCUT2D eigenvalue weighted by Crippen LogP contribution is -2.33. The second-order valence-corrected chi connectivity index (χ2v) is 5.67. The molecule has 0 bridgehead atoms. The molecule has 0 saturated heterocycles. The second-order valence-electron chi connectivity index (χ2n) is 4.71. The molecule has 3 rings (SSSR count). The largest absolute Gasteiger partial charge is 0.339 e. The van der Waals surface area contributed by atoms with Crippen molar-refractivity contribution in [1.29, 1.82) is 5.26 Å². The number of hydrogen-bond acceptors (Lipinski definition) is 6. The number of nitrogens with zero attached hydrogens (tertiary/aromatic N) is 4. The van der Waals surface area contributed by atoms with Crippen molar-refractivity contribution in [2.75, 3.05) is 0 Å². The van der Waals surface area contributed by atoms with E-state index in [4.69, 9.17) is 0 Å². The molecule has 7 nitrogen and oxygen atoms in total. The van der Waals surface area contributed by atoms with E-state index in [-0.39, 0.29) is 0 Å². The van der Waals surface area contributed by atoms with Crippen molar-refractivity contribution in [2.24, 2.45) is 7.05 Å². The number of H-pyrrole nitrogens is 1. The molecule has 1 aliphatic rings. The first-order valence-electron chi connectivity index (χ1n) is 6.36. The van der Waals surface area contributed by atoms with Crippen molar-refractivity contribution in [2.45, 2.75) is 29.4 Å². The van der Waals surface area contributed by atoms with Crippen LogP contribution >= 0.6 is 11.8 Å². The minimum Gasteiger partial charge on any atom is -0.265 e. The van der Waals surface area contributed by atoms with Gasteiger partial charge in [0.2, 0.25) is 0 Å². The number of rotatable bonds is 2. The average Bonchev–Trinajstić information content (AvgIpc) is 2.91. The van der Waals surface area contributed by atoms with Crippen molar-refractivity contribution in [3.05, 3.63) is 43.6 Å². The summed E-state index contributed by atoms with van der Waals surface area (Å²) in [6.45, 7) is 0. The first-order valence-corrected chi connectivity index (χ1v) is 7.18. The Morgan fingerprint density at radius 2 is 2.19 bits per heavy atom. The summed E-state index contributed by atoms with van der Waals surface area (Å²) in [7, 11) is 1.58. The Balaban J connectivity index is 2.07. The smallest absolute Gasteiger partial charge is 0.265 e. The molecule has 1 N–H and O–H groups in total. The molecule has 2 heterocycles. The fourth-order valence-electron chi connectivity index (χ4n) is 2.25. The van der Waals surface area contributed by atoms with Gasteiger partial charge < -0.3 is 0 Å². The number of aromatic amines is 1. The van der Waals surface area contributed by atoms with Crippen LogP contribution in [0.4, 0.5) is 0 Å². The lowest BCUT2D eigenvalue weighted by molar-refractivity contribution is 0.596. The van der Waals surface area contributed by atoms with E-state index in [0.29, 0.717) is 15.7 Å². The maximum absolute atomic E-state index is 11.4. The number of fused-ring (bicyclic) bond motifs is 1. The van der Waals surface area contributed by atoms with Crippen LogP contribution in [-0.2, 0) is 19.9 Å². The van der Waals surface area contributed by atoms with Gasteiger partial charge in [0.25, 0.3) is 0 Å². The van der Waals surface area contributed by atoms with E-state index in [1.165, 1.54) is 4.68 Å². The van der Waals surface area contributed by atoms with Crippen LogP contribution in [0, 0.1) is 11.3 Å². The summed E-state index contributed by atoms with van der Waals surface area (Å²) in [6, 6.07) is 3.97. The molecule has 0 unspecified atom stereocenters. The molecule has 0 fully saturated rings. The fourth-order valence-corrected chi connectivity index (χ4v) is 3.10. The lowest BCUT2D eigenvalue weighted by atomic mass is 10.2. The molecule has 2 aromatic heterocycles. The van der Waals surface area contributed by atoms with Crippen LogP contribution in [0.3, 0.4) is 0 Å². The standard InChI is InChI=1S/C13H11N5O2S/c1-18-13(16-10(19)11(20)17-18)21-12-8(6-14)5-7-3-2-4-9(7)15-12/h5H,2-4H2,1H3,(H,17,20). The summed E-state index contributed by atoms with van der Waals surface area (Å²) in [5.41, 5.74) is 0.936. The van der Waals surface area contributed by atoms with E-state index in [0.717, 1.165) is 42.3 Å². The summed E-state index contributed by atoms with van der Waals surface area (Å²) in [5, 5.41) is 12.4. The SMILES string of the molecule is Cn1[nH]c(=O)c(=O)nc1Sc1nc2c(cc1C#N)CCC2. The molecule has 0 amide bonds. The van der Waals surface area contributed by atoms with Crippen LogP contribution in [0.15, 0.2) is 25.8 Å². The summed E-state index contributed by atoms with van der Waals surface area (Å²) < 4.78 is 1.35. The third kappa shape index (κ3) is 2.48. The van der Waals surface area contributed by atoms with Crippen molar-refractivity contribution in [3.8, 4) is 6.07 Å². The van der Waals surface area contributed by atoms with Gasteiger partial charge in [-0.05, 0) is 42.7 Å². The second kappa shape index (κ2) is 5.18. The van der Waals surface area contributed by atoms with Crippen molar-refractivity contribution in [3.63, 3.8) is 0 Å². The number of aryl methyl sites for hydroxylation is 3. The Hall–Kier alpha value is -2.40. The van der Waals surface area contributed by atoms with Gasteiger partial charge in [0.1, 0.15) is 11.1 Å². The molecule has 2 aromatic rings. The molecule has 0 spiro atoms. The lowest BCUT2D eigenvalue weighted by Gasteiger charge is -2.08.